The molecule has 24 heavy (non-hydrogen) atoms. The minimum absolute atomic E-state index is 0.212. The molecule has 0 bridgehead atoms. The van der Waals surface area contributed by atoms with E-state index in [2.05, 4.69) is 17.1 Å². The number of hydrogen-bond acceptors (Lipinski definition) is 5. The molecule has 0 atom stereocenters. The van der Waals surface area contributed by atoms with Crippen LogP contribution in [0.25, 0.3) is 31.7 Å². The number of fused-ring (bicyclic) bond motifs is 5. The first-order valence-electron chi connectivity index (χ1n) is 7.90. The number of aryl methyl sites for hydroxylation is 1. The van der Waals surface area contributed by atoms with Gasteiger partial charge in [-0.05, 0) is 30.4 Å². The van der Waals surface area contributed by atoms with Gasteiger partial charge in [0.2, 0.25) is 0 Å². The van der Waals surface area contributed by atoms with Crippen molar-refractivity contribution in [3.05, 3.63) is 58.1 Å². The van der Waals surface area contributed by atoms with Crippen LogP contribution < -0.4 is 11.4 Å². The number of aromatic nitrogens is 3. The number of nitrogens with zero attached hydrogens (tertiary/aromatic N) is 3. The highest BCUT2D eigenvalue weighted by Gasteiger charge is 2.24. The average Bonchev–Trinajstić information content (AvgIpc) is 3.22. The molecule has 0 saturated heterocycles. The molecular formula is C18H14N4OS. The molecule has 4 aromatic rings. The van der Waals surface area contributed by atoms with Gasteiger partial charge in [-0.2, -0.15) is 0 Å². The minimum Gasteiger partial charge on any atom is -0.335 e. The first-order valence-corrected chi connectivity index (χ1v) is 8.72. The number of thiophene rings is 1. The fourth-order valence-electron chi connectivity index (χ4n) is 3.60. The molecule has 118 valence electrons. The monoisotopic (exact) mass is 334 g/mol. The molecule has 0 saturated carbocycles. The predicted molar refractivity (Wildman–Crippen MR) is 96.8 cm³/mol. The van der Waals surface area contributed by atoms with Crippen LogP contribution in [0.1, 0.15) is 17.5 Å². The molecule has 0 fully saturated rings. The SMILES string of the molecule is Nn1cnc2c(sc3nc(-c4ccccc4)c4c(c32)CCC4)c1=O. The quantitative estimate of drug-likeness (QED) is 0.543. The minimum atomic E-state index is -0.212. The Balaban J connectivity index is 1.94. The van der Waals surface area contributed by atoms with Crippen molar-refractivity contribution in [2.45, 2.75) is 19.3 Å². The Morgan fingerprint density at radius 1 is 1.12 bits per heavy atom. The second-order valence-corrected chi connectivity index (χ2v) is 7.05. The summed E-state index contributed by atoms with van der Waals surface area (Å²) in [5, 5.41) is 1.04. The second kappa shape index (κ2) is 4.88. The van der Waals surface area contributed by atoms with Crippen LogP contribution in [0.3, 0.4) is 0 Å². The molecule has 0 aliphatic heterocycles. The van der Waals surface area contributed by atoms with Crippen molar-refractivity contribution in [2.75, 3.05) is 5.84 Å². The molecule has 0 amide bonds. The largest absolute Gasteiger partial charge is 0.335 e. The third-order valence-corrected chi connectivity index (χ3v) is 5.73. The highest BCUT2D eigenvalue weighted by Crippen LogP contribution is 2.40. The molecule has 1 aliphatic carbocycles. The van der Waals surface area contributed by atoms with Gasteiger partial charge in [-0.1, -0.05) is 30.3 Å². The van der Waals surface area contributed by atoms with E-state index < -0.39 is 0 Å². The number of pyridine rings is 1. The summed E-state index contributed by atoms with van der Waals surface area (Å²) in [6.45, 7) is 0. The van der Waals surface area contributed by atoms with Gasteiger partial charge in [0.15, 0.2) is 0 Å². The fraction of sp³-hybridized carbons (Fsp3) is 0.167. The lowest BCUT2D eigenvalue weighted by molar-refractivity contribution is 0.912. The number of hydrogen-bond donors (Lipinski definition) is 1. The number of benzene rings is 1. The van der Waals surface area contributed by atoms with E-state index in [9.17, 15) is 4.79 Å². The van der Waals surface area contributed by atoms with Crippen molar-refractivity contribution in [1.29, 1.82) is 0 Å². The summed E-state index contributed by atoms with van der Waals surface area (Å²) in [6, 6.07) is 10.2. The third kappa shape index (κ3) is 1.77. The Morgan fingerprint density at radius 3 is 2.75 bits per heavy atom. The summed E-state index contributed by atoms with van der Waals surface area (Å²) in [4.78, 5) is 22.5. The predicted octanol–water partition coefficient (Wildman–Crippen LogP) is 2.88. The van der Waals surface area contributed by atoms with Crippen molar-refractivity contribution in [3.63, 3.8) is 0 Å². The van der Waals surface area contributed by atoms with Crippen LogP contribution in [0.15, 0.2) is 41.5 Å². The van der Waals surface area contributed by atoms with Crippen LogP contribution in [0.5, 0.6) is 0 Å². The Bertz CT molecular complexity index is 1160. The van der Waals surface area contributed by atoms with Crippen molar-refractivity contribution >= 4 is 31.8 Å². The van der Waals surface area contributed by atoms with Crippen LogP contribution in [0.4, 0.5) is 0 Å². The number of rotatable bonds is 1. The Hall–Kier alpha value is -2.73. The smallest absolute Gasteiger partial charge is 0.289 e. The summed E-state index contributed by atoms with van der Waals surface area (Å²) < 4.78 is 1.62. The maximum absolute atomic E-state index is 12.3. The van der Waals surface area contributed by atoms with Crippen LogP contribution >= 0.6 is 11.3 Å². The molecule has 5 nitrogen and oxygen atoms in total. The lowest BCUT2D eigenvalue weighted by Gasteiger charge is -2.09. The van der Waals surface area contributed by atoms with Crippen molar-refractivity contribution in [1.82, 2.24) is 14.6 Å². The van der Waals surface area contributed by atoms with Gasteiger partial charge in [-0.25, -0.2) is 14.6 Å². The first kappa shape index (κ1) is 13.7. The van der Waals surface area contributed by atoms with E-state index in [0.717, 1.165) is 50.9 Å². The van der Waals surface area contributed by atoms with Crippen LogP contribution in [0, 0.1) is 0 Å². The molecule has 1 aromatic carbocycles. The van der Waals surface area contributed by atoms with Gasteiger partial charge in [0.05, 0.1) is 11.2 Å². The van der Waals surface area contributed by atoms with Gasteiger partial charge >= 0.3 is 0 Å². The molecule has 6 heteroatoms. The Kier molecular flexibility index (Phi) is 2.78. The van der Waals surface area contributed by atoms with Gasteiger partial charge in [0, 0.05) is 10.9 Å². The molecule has 0 spiro atoms. The van der Waals surface area contributed by atoms with Crippen molar-refractivity contribution in [3.8, 4) is 11.3 Å². The van der Waals surface area contributed by atoms with Gasteiger partial charge in [-0.15, -0.1) is 11.3 Å². The second-order valence-electron chi connectivity index (χ2n) is 6.05. The summed E-state index contributed by atoms with van der Waals surface area (Å²) in [6.07, 6.45) is 4.53. The third-order valence-electron chi connectivity index (χ3n) is 4.67. The molecule has 0 unspecified atom stereocenters. The molecule has 3 heterocycles. The van der Waals surface area contributed by atoms with Crippen molar-refractivity contribution in [2.24, 2.45) is 0 Å². The van der Waals surface area contributed by atoms with E-state index in [1.807, 2.05) is 18.2 Å². The Morgan fingerprint density at radius 2 is 1.92 bits per heavy atom. The van der Waals surface area contributed by atoms with E-state index in [1.54, 1.807) is 0 Å². The molecule has 2 N–H and O–H groups in total. The van der Waals surface area contributed by atoms with Gasteiger partial charge in [-0.3, -0.25) is 4.79 Å². The Labute approximate surface area is 141 Å². The normalized spacial score (nSPS) is 13.7. The molecular weight excluding hydrogens is 320 g/mol. The summed E-state index contributed by atoms with van der Waals surface area (Å²) in [5.41, 5.74) is 5.29. The molecule has 3 aromatic heterocycles. The zero-order valence-electron chi connectivity index (χ0n) is 12.8. The summed E-state index contributed by atoms with van der Waals surface area (Å²) >= 11 is 1.39. The maximum Gasteiger partial charge on any atom is 0.289 e. The van der Waals surface area contributed by atoms with Gasteiger partial charge in [0.25, 0.3) is 5.56 Å². The zero-order valence-corrected chi connectivity index (χ0v) is 13.6. The van der Waals surface area contributed by atoms with E-state index in [1.165, 1.54) is 28.8 Å². The molecule has 0 radical (unpaired) electrons. The maximum atomic E-state index is 12.3. The van der Waals surface area contributed by atoms with E-state index in [-0.39, 0.29) is 5.56 Å². The van der Waals surface area contributed by atoms with Crippen molar-refractivity contribution < 1.29 is 0 Å². The first-order chi connectivity index (χ1) is 11.7. The summed E-state index contributed by atoms with van der Waals surface area (Å²) in [5.74, 6) is 5.67. The molecule has 5 rings (SSSR count). The summed E-state index contributed by atoms with van der Waals surface area (Å²) in [7, 11) is 0. The highest BCUT2D eigenvalue weighted by molar-refractivity contribution is 7.25. The molecule has 1 aliphatic rings. The highest BCUT2D eigenvalue weighted by atomic mass is 32.1. The van der Waals surface area contributed by atoms with Gasteiger partial charge < -0.3 is 5.84 Å². The topological polar surface area (TPSA) is 73.8 Å². The van der Waals surface area contributed by atoms with Crippen LogP contribution in [-0.4, -0.2) is 14.6 Å². The van der Waals surface area contributed by atoms with E-state index >= 15 is 0 Å². The lowest BCUT2D eigenvalue weighted by atomic mass is 10.0. The lowest BCUT2D eigenvalue weighted by Crippen LogP contribution is -2.26. The van der Waals surface area contributed by atoms with E-state index in [4.69, 9.17) is 10.8 Å². The van der Waals surface area contributed by atoms with Crippen LogP contribution in [0.2, 0.25) is 0 Å². The zero-order chi connectivity index (χ0) is 16.3. The van der Waals surface area contributed by atoms with E-state index in [0.29, 0.717) is 4.70 Å². The standard InChI is InChI=1S/C18H14N4OS/c19-22-9-20-15-13-11-7-4-8-12(11)14(10-5-2-1-3-6-10)21-17(13)24-16(15)18(22)23/h1-3,5-6,9H,4,7-8,19H2. The fourth-order valence-corrected chi connectivity index (χ4v) is 4.70. The average molecular weight is 334 g/mol. The number of nitrogen functional groups attached to an aromatic ring is 1. The van der Waals surface area contributed by atoms with Gasteiger partial charge in [0.1, 0.15) is 15.9 Å². The number of nitrogens with two attached hydrogens (primary N) is 1. The van der Waals surface area contributed by atoms with Crippen LogP contribution in [-0.2, 0) is 12.8 Å².